The summed E-state index contributed by atoms with van der Waals surface area (Å²) >= 11 is 0. The number of anilines is 1. The van der Waals surface area contributed by atoms with Crippen molar-refractivity contribution in [2.75, 3.05) is 5.32 Å². The number of rotatable bonds is 4. The number of nitrogens with one attached hydrogen (secondary N) is 1. The maximum Gasteiger partial charge on any atom is 0.257 e. The van der Waals surface area contributed by atoms with Crippen molar-refractivity contribution in [3.63, 3.8) is 0 Å². The lowest BCUT2D eigenvalue weighted by atomic mass is 10.1. The van der Waals surface area contributed by atoms with Crippen molar-refractivity contribution in [2.45, 2.75) is 33.2 Å². The van der Waals surface area contributed by atoms with Crippen LogP contribution >= 0.6 is 0 Å². The first-order valence-corrected chi connectivity index (χ1v) is 6.51. The zero-order valence-corrected chi connectivity index (χ0v) is 11.8. The van der Waals surface area contributed by atoms with E-state index in [4.69, 9.17) is 10.3 Å². The molecule has 1 amide bonds. The van der Waals surface area contributed by atoms with E-state index in [0.717, 1.165) is 11.1 Å². The van der Waals surface area contributed by atoms with Crippen molar-refractivity contribution in [3.8, 4) is 11.5 Å². The van der Waals surface area contributed by atoms with E-state index in [2.05, 4.69) is 15.5 Å². The van der Waals surface area contributed by atoms with Gasteiger partial charge in [0, 0.05) is 17.7 Å². The van der Waals surface area contributed by atoms with Crippen LogP contribution < -0.4 is 11.1 Å². The van der Waals surface area contributed by atoms with Gasteiger partial charge in [0.15, 0.2) is 5.82 Å². The van der Waals surface area contributed by atoms with E-state index in [0.29, 0.717) is 23.8 Å². The summed E-state index contributed by atoms with van der Waals surface area (Å²) in [5.41, 5.74) is 7.96. The highest BCUT2D eigenvalue weighted by Gasteiger charge is 2.12. The lowest BCUT2D eigenvalue weighted by molar-refractivity contribution is -0.117. The lowest BCUT2D eigenvalue weighted by Crippen LogP contribution is -2.32. The van der Waals surface area contributed by atoms with Gasteiger partial charge in [0.2, 0.25) is 5.91 Å². The summed E-state index contributed by atoms with van der Waals surface area (Å²) < 4.78 is 5.19. The highest BCUT2D eigenvalue weighted by molar-refractivity contribution is 5.95. The average molecular weight is 274 g/mol. The molecular weight excluding hydrogens is 256 g/mol. The quantitative estimate of drug-likeness (QED) is 0.888. The van der Waals surface area contributed by atoms with E-state index in [1.807, 2.05) is 32.0 Å². The molecule has 0 unspecified atom stereocenters. The summed E-state index contributed by atoms with van der Waals surface area (Å²) in [6.07, 6.45) is 0.712. The van der Waals surface area contributed by atoms with Gasteiger partial charge in [0.05, 0.1) is 6.04 Å². The third-order valence-electron chi connectivity index (χ3n) is 2.94. The fourth-order valence-corrected chi connectivity index (χ4v) is 1.65. The largest absolute Gasteiger partial charge is 0.334 e. The van der Waals surface area contributed by atoms with Crippen LogP contribution in [-0.2, 0) is 11.2 Å². The van der Waals surface area contributed by atoms with Crippen LogP contribution in [0.3, 0.4) is 0 Å². The number of aryl methyl sites for hydroxylation is 2. The third kappa shape index (κ3) is 3.03. The molecule has 0 saturated heterocycles. The van der Waals surface area contributed by atoms with Crippen LogP contribution in [0.15, 0.2) is 22.7 Å². The van der Waals surface area contributed by atoms with Crippen LogP contribution in [-0.4, -0.2) is 22.1 Å². The number of hydrogen-bond donors (Lipinski definition) is 2. The molecule has 1 aromatic heterocycles. The van der Waals surface area contributed by atoms with Crippen LogP contribution in [0.5, 0.6) is 0 Å². The van der Waals surface area contributed by atoms with E-state index in [1.54, 1.807) is 6.92 Å². The molecule has 0 fully saturated rings. The summed E-state index contributed by atoms with van der Waals surface area (Å²) in [6.45, 7) is 5.50. The fourth-order valence-electron chi connectivity index (χ4n) is 1.65. The minimum absolute atomic E-state index is 0.231. The molecule has 0 radical (unpaired) electrons. The molecule has 0 saturated carbocycles. The van der Waals surface area contributed by atoms with Gasteiger partial charge in [-0.15, -0.1) is 0 Å². The molecule has 3 N–H and O–H groups in total. The fraction of sp³-hybridized carbons (Fsp3) is 0.357. The number of nitrogens with two attached hydrogens (primary N) is 1. The first-order valence-electron chi connectivity index (χ1n) is 6.51. The van der Waals surface area contributed by atoms with Gasteiger partial charge in [-0.1, -0.05) is 18.1 Å². The summed E-state index contributed by atoms with van der Waals surface area (Å²) in [5.74, 6) is 0.866. The first-order chi connectivity index (χ1) is 9.51. The summed E-state index contributed by atoms with van der Waals surface area (Å²) in [6, 6.07) is 5.02. The summed E-state index contributed by atoms with van der Waals surface area (Å²) in [4.78, 5) is 15.9. The maximum atomic E-state index is 11.7. The van der Waals surface area contributed by atoms with Crippen molar-refractivity contribution in [2.24, 2.45) is 5.73 Å². The molecule has 0 aliphatic rings. The van der Waals surface area contributed by atoms with Gasteiger partial charge in [0.25, 0.3) is 5.89 Å². The SMILES string of the molecule is CCc1noc(-c2ccc(C)c(NC(=O)[C@H](C)N)c2)n1. The highest BCUT2D eigenvalue weighted by Crippen LogP contribution is 2.24. The first kappa shape index (κ1) is 14.2. The van der Waals surface area contributed by atoms with Gasteiger partial charge in [-0.3, -0.25) is 4.79 Å². The number of carbonyl (C=O) groups is 1. The van der Waals surface area contributed by atoms with Gasteiger partial charge in [0.1, 0.15) is 0 Å². The lowest BCUT2D eigenvalue weighted by Gasteiger charge is -2.11. The second kappa shape index (κ2) is 5.83. The molecule has 0 aliphatic heterocycles. The Labute approximate surface area is 117 Å². The zero-order valence-electron chi connectivity index (χ0n) is 11.8. The number of nitrogens with zero attached hydrogens (tertiary/aromatic N) is 2. The Morgan fingerprint density at radius 2 is 2.25 bits per heavy atom. The molecule has 0 bridgehead atoms. The Kier molecular flexibility index (Phi) is 4.14. The molecular formula is C14H18N4O2. The Morgan fingerprint density at radius 3 is 2.85 bits per heavy atom. The summed E-state index contributed by atoms with van der Waals surface area (Å²) in [7, 11) is 0. The Hall–Kier alpha value is -2.21. The monoisotopic (exact) mass is 274 g/mol. The normalized spacial score (nSPS) is 12.2. The van der Waals surface area contributed by atoms with Crippen molar-refractivity contribution in [1.82, 2.24) is 10.1 Å². The minimum Gasteiger partial charge on any atom is -0.334 e. The second-order valence-electron chi connectivity index (χ2n) is 4.68. The molecule has 1 aromatic carbocycles. The van der Waals surface area contributed by atoms with Crippen LogP contribution in [0.1, 0.15) is 25.2 Å². The van der Waals surface area contributed by atoms with Gasteiger partial charge in [-0.05, 0) is 31.5 Å². The van der Waals surface area contributed by atoms with Crippen molar-refractivity contribution in [1.29, 1.82) is 0 Å². The van der Waals surface area contributed by atoms with E-state index >= 15 is 0 Å². The van der Waals surface area contributed by atoms with Crippen molar-refractivity contribution < 1.29 is 9.32 Å². The van der Waals surface area contributed by atoms with Crippen LogP contribution in [0, 0.1) is 6.92 Å². The number of hydrogen-bond acceptors (Lipinski definition) is 5. The number of aromatic nitrogens is 2. The van der Waals surface area contributed by atoms with Gasteiger partial charge in [-0.25, -0.2) is 0 Å². The Morgan fingerprint density at radius 1 is 1.50 bits per heavy atom. The van der Waals surface area contributed by atoms with E-state index in [9.17, 15) is 4.79 Å². The van der Waals surface area contributed by atoms with Crippen molar-refractivity contribution in [3.05, 3.63) is 29.6 Å². The predicted molar refractivity (Wildman–Crippen MR) is 76.1 cm³/mol. The molecule has 106 valence electrons. The molecule has 6 nitrogen and oxygen atoms in total. The third-order valence-corrected chi connectivity index (χ3v) is 2.94. The summed E-state index contributed by atoms with van der Waals surface area (Å²) in [5, 5.41) is 6.65. The van der Waals surface area contributed by atoms with E-state index in [-0.39, 0.29) is 5.91 Å². The van der Waals surface area contributed by atoms with Crippen LogP contribution in [0.2, 0.25) is 0 Å². The highest BCUT2D eigenvalue weighted by atomic mass is 16.5. The average Bonchev–Trinajstić information content (AvgIpc) is 2.89. The standard InChI is InChI=1S/C14H18N4O2/c1-4-12-17-14(20-18-12)10-6-5-8(2)11(7-10)16-13(19)9(3)15/h5-7,9H,4,15H2,1-3H3,(H,16,19)/t9-/m0/s1. The van der Waals surface area contributed by atoms with Gasteiger partial charge >= 0.3 is 0 Å². The van der Waals surface area contributed by atoms with E-state index < -0.39 is 6.04 Å². The van der Waals surface area contributed by atoms with Crippen LogP contribution in [0.25, 0.3) is 11.5 Å². The molecule has 2 aromatic rings. The molecule has 20 heavy (non-hydrogen) atoms. The van der Waals surface area contributed by atoms with Crippen LogP contribution in [0.4, 0.5) is 5.69 Å². The molecule has 2 rings (SSSR count). The van der Waals surface area contributed by atoms with Gasteiger partial charge in [-0.2, -0.15) is 4.98 Å². The smallest absolute Gasteiger partial charge is 0.257 e. The van der Waals surface area contributed by atoms with Gasteiger partial charge < -0.3 is 15.6 Å². The molecule has 0 spiro atoms. The topological polar surface area (TPSA) is 94.0 Å². The predicted octanol–water partition coefficient (Wildman–Crippen LogP) is 1.89. The van der Waals surface area contributed by atoms with E-state index in [1.165, 1.54) is 0 Å². The molecule has 1 heterocycles. The second-order valence-corrected chi connectivity index (χ2v) is 4.68. The zero-order chi connectivity index (χ0) is 14.7. The molecule has 1 atom stereocenters. The number of carbonyl (C=O) groups excluding carboxylic acids is 1. The number of benzene rings is 1. The van der Waals surface area contributed by atoms with Crippen molar-refractivity contribution >= 4 is 11.6 Å². The Balaban J connectivity index is 2.30. The molecule has 6 heteroatoms. The molecule has 0 aliphatic carbocycles. The number of amides is 1. The maximum absolute atomic E-state index is 11.7. The Bertz CT molecular complexity index is 619. The minimum atomic E-state index is -0.562.